The van der Waals surface area contributed by atoms with Crippen molar-refractivity contribution >= 4 is 34.8 Å². The molecule has 2 aromatic rings. The molecule has 8 heteroatoms. The zero-order chi connectivity index (χ0) is 20.7. The lowest BCUT2D eigenvalue weighted by Crippen LogP contribution is -2.50. The van der Waals surface area contributed by atoms with E-state index in [1.165, 1.54) is 17.4 Å². The number of hydrogen-bond donors (Lipinski definition) is 2. The Morgan fingerprint density at radius 3 is 2.62 bits per heavy atom. The summed E-state index contributed by atoms with van der Waals surface area (Å²) in [5.41, 5.74) is -0.198. The number of nitriles is 1. The van der Waals surface area contributed by atoms with Gasteiger partial charge < -0.3 is 15.4 Å². The second-order valence-electron chi connectivity index (χ2n) is 6.89. The average molecular weight is 411 g/mol. The first kappa shape index (κ1) is 20.6. The van der Waals surface area contributed by atoms with Crippen LogP contribution < -0.4 is 10.6 Å². The Kier molecular flexibility index (Phi) is 6.62. The van der Waals surface area contributed by atoms with Crippen molar-refractivity contribution in [3.8, 4) is 6.07 Å². The van der Waals surface area contributed by atoms with E-state index in [1.54, 1.807) is 35.7 Å². The molecule has 0 bridgehead atoms. The maximum Gasteiger partial charge on any atom is 0.338 e. The van der Waals surface area contributed by atoms with E-state index in [2.05, 4.69) is 16.7 Å². The minimum atomic E-state index is -0.867. The molecule has 7 nitrogen and oxygen atoms in total. The fourth-order valence-electron chi connectivity index (χ4n) is 3.26. The van der Waals surface area contributed by atoms with E-state index >= 15 is 0 Å². The highest BCUT2D eigenvalue weighted by atomic mass is 32.1. The number of carbonyl (C=O) groups excluding carboxylic acids is 3. The summed E-state index contributed by atoms with van der Waals surface area (Å²) in [6.07, 6.45) is 4.03. The topological polar surface area (TPSA) is 108 Å². The number of nitrogens with zero attached hydrogens (tertiary/aromatic N) is 1. The molecule has 0 atom stereocenters. The second kappa shape index (κ2) is 9.34. The van der Waals surface area contributed by atoms with Gasteiger partial charge >= 0.3 is 5.97 Å². The fourth-order valence-corrected chi connectivity index (χ4v) is 3.88. The monoisotopic (exact) mass is 411 g/mol. The zero-order valence-corrected chi connectivity index (χ0v) is 16.6. The van der Waals surface area contributed by atoms with Crippen LogP contribution >= 0.6 is 11.3 Å². The average Bonchev–Trinajstić information content (AvgIpc) is 3.28. The Bertz CT molecular complexity index is 928. The Hall–Kier alpha value is -3.18. The van der Waals surface area contributed by atoms with Crippen LogP contribution in [0.15, 0.2) is 41.8 Å². The molecule has 1 aromatic carbocycles. The lowest BCUT2D eigenvalue weighted by Gasteiger charge is -2.31. The van der Waals surface area contributed by atoms with Gasteiger partial charge in [0.15, 0.2) is 6.61 Å². The van der Waals surface area contributed by atoms with Crippen LogP contribution in [0.5, 0.6) is 0 Å². The Balaban J connectivity index is 1.54. The number of carbonyl (C=O) groups is 3. The van der Waals surface area contributed by atoms with Crippen molar-refractivity contribution in [1.29, 1.82) is 5.26 Å². The Morgan fingerprint density at radius 2 is 1.93 bits per heavy atom. The van der Waals surface area contributed by atoms with E-state index in [0.29, 0.717) is 23.4 Å². The fraction of sp³-hybridized carbons (Fsp3) is 0.333. The minimum Gasteiger partial charge on any atom is -0.452 e. The van der Waals surface area contributed by atoms with Gasteiger partial charge in [-0.15, -0.1) is 11.3 Å². The molecule has 1 aliphatic carbocycles. The number of amides is 2. The highest BCUT2D eigenvalue weighted by Gasteiger charge is 2.33. The first-order chi connectivity index (χ1) is 14.0. The number of anilines is 1. The van der Waals surface area contributed by atoms with E-state index < -0.39 is 24.0 Å². The molecule has 1 aliphatic rings. The number of rotatable bonds is 6. The summed E-state index contributed by atoms with van der Waals surface area (Å²) in [4.78, 5) is 37.1. The molecule has 0 unspecified atom stereocenters. The van der Waals surface area contributed by atoms with Gasteiger partial charge in [0.2, 0.25) is 0 Å². The number of ether oxygens (including phenoxy) is 1. The molecule has 1 saturated carbocycles. The maximum absolute atomic E-state index is 12.3. The van der Waals surface area contributed by atoms with E-state index in [4.69, 9.17) is 4.74 Å². The van der Waals surface area contributed by atoms with Gasteiger partial charge in [-0.1, -0.05) is 31.4 Å². The molecular formula is C21H21N3O4S. The SMILES string of the molecule is N#CC1(NC(=O)COC(=O)c2cccc(NC(=O)c3cccs3)c2)CCCCC1. The minimum absolute atomic E-state index is 0.217. The van der Waals surface area contributed by atoms with Gasteiger partial charge in [-0.3, -0.25) is 9.59 Å². The molecule has 2 amide bonds. The molecule has 1 fully saturated rings. The summed E-state index contributed by atoms with van der Waals surface area (Å²) < 4.78 is 5.08. The van der Waals surface area contributed by atoms with Crippen LogP contribution in [0.3, 0.4) is 0 Å². The molecule has 1 aromatic heterocycles. The van der Waals surface area contributed by atoms with Crippen molar-refractivity contribution in [1.82, 2.24) is 5.32 Å². The van der Waals surface area contributed by atoms with Crippen LogP contribution in [-0.2, 0) is 9.53 Å². The van der Waals surface area contributed by atoms with Crippen molar-refractivity contribution in [2.24, 2.45) is 0 Å². The van der Waals surface area contributed by atoms with Gasteiger partial charge in [-0.2, -0.15) is 5.26 Å². The molecule has 0 saturated heterocycles. The van der Waals surface area contributed by atoms with E-state index in [-0.39, 0.29) is 11.5 Å². The third kappa shape index (κ3) is 5.42. The predicted molar refractivity (Wildman–Crippen MR) is 109 cm³/mol. The zero-order valence-electron chi connectivity index (χ0n) is 15.8. The molecule has 29 heavy (non-hydrogen) atoms. The van der Waals surface area contributed by atoms with Gasteiger partial charge in [-0.25, -0.2) is 4.79 Å². The van der Waals surface area contributed by atoms with E-state index in [1.807, 2.05) is 0 Å². The lowest BCUT2D eigenvalue weighted by molar-refractivity contribution is -0.125. The normalized spacial score (nSPS) is 15.0. The molecule has 0 spiro atoms. The first-order valence-corrected chi connectivity index (χ1v) is 10.2. The number of benzene rings is 1. The summed E-state index contributed by atoms with van der Waals surface area (Å²) in [6.45, 7) is -0.464. The lowest BCUT2D eigenvalue weighted by atomic mass is 9.83. The first-order valence-electron chi connectivity index (χ1n) is 9.36. The number of nitrogens with one attached hydrogen (secondary N) is 2. The maximum atomic E-state index is 12.3. The predicted octanol–water partition coefficient (Wildman–Crippen LogP) is 3.50. The highest BCUT2D eigenvalue weighted by molar-refractivity contribution is 7.12. The van der Waals surface area contributed by atoms with Gasteiger partial charge in [0.05, 0.1) is 16.5 Å². The van der Waals surface area contributed by atoms with Gasteiger partial charge in [0.25, 0.3) is 11.8 Å². The molecule has 3 rings (SSSR count). The summed E-state index contributed by atoms with van der Waals surface area (Å²) >= 11 is 1.32. The van der Waals surface area contributed by atoms with Gasteiger partial charge in [-0.05, 0) is 42.5 Å². The number of thiophene rings is 1. The summed E-state index contributed by atoms with van der Waals surface area (Å²) in [5, 5.41) is 16.6. The molecule has 1 heterocycles. The smallest absolute Gasteiger partial charge is 0.338 e. The number of hydrogen-bond acceptors (Lipinski definition) is 6. The van der Waals surface area contributed by atoms with Gasteiger partial charge in [0.1, 0.15) is 5.54 Å². The van der Waals surface area contributed by atoms with Crippen LogP contribution in [-0.4, -0.2) is 29.9 Å². The van der Waals surface area contributed by atoms with Crippen LogP contribution in [0.25, 0.3) is 0 Å². The molecule has 0 aliphatic heterocycles. The van der Waals surface area contributed by atoms with E-state index in [9.17, 15) is 19.6 Å². The summed E-state index contributed by atoms with van der Waals surface area (Å²) in [7, 11) is 0. The third-order valence-electron chi connectivity index (χ3n) is 4.74. The second-order valence-corrected chi connectivity index (χ2v) is 7.84. The molecule has 2 N–H and O–H groups in total. The van der Waals surface area contributed by atoms with Crippen LogP contribution in [0, 0.1) is 11.3 Å². The largest absolute Gasteiger partial charge is 0.452 e. The molecule has 0 radical (unpaired) electrons. The quantitative estimate of drug-likeness (QED) is 0.707. The van der Waals surface area contributed by atoms with Gasteiger partial charge in [0, 0.05) is 5.69 Å². The van der Waals surface area contributed by atoms with Crippen molar-refractivity contribution in [2.45, 2.75) is 37.6 Å². The van der Waals surface area contributed by atoms with Crippen LogP contribution in [0.1, 0.15) is 52.1 Å². The Morgan fingerprint density at radius 1 is 1.14 bits per heavy atom. The molecule has 150 valence electrons. The van der Waals surface area contributed by atoms with Crippen LogP contribution in [0.4, 0.5) is 5.69 Å². The van der Waals surface area contributed by atoms with Crippen molar-refractivity contribution in [3.63, 3.8) is 0 Å². The third-order valence-corrected chi connectivity index (χ3v) is 5.60. The van der Waals surface area contributed by atoms with Crippen LogP contribution in [0.2, 0.25) is 0 Å². The van der Waals surface area contributed by atoms with Crippen molar-refractivity contribution < 1.29 is 19.1 Å². The summed E-state index contributed by atoms with van der Waals surface area (Å²) in [5.74, 6) is -1.44. The highest BCUT2D eigenvalue weighted by Crippen LogP contribution is 2.27. The van der Waals surface area contributed by atoms with E-state index in [0.717, 1.165) is 19.3 Å². The summed E-state index contributed by atoms with van der Waals surface area (Å²) in [6, 6.07) is 12.0. The van der Waals surface area contributed by atoms with Crippen molar-refractivity contribution in [2.75, 3.05) is 11.9 Å². The Labute approximate surface area is 172 Å². The number of esters is 1. The van der Waals surface area contributed by atoms with Crippen molar-refractivity contribution in [3.05, 3.63) is 52.2 Å². The molecular weight excluding hydrogens is 390 g/mol. The standard InChI is InChI=1S/C21H21N3O4S/c22-14-21(9-2-1-3-10-21)24-18(25)13-28-20(27)15-6-4-7-16(12-15)23-19(26)17-8-5-11-29-17/h4-8,11-12H,1-3,9-10,13H2,(H,23,26)(H,24,25).